The lowest BCUT2D eigenvalue weighted by atomic mass is 9.56. The summed E-state index contributed by atoms with van der Waals surface area (Å²) in [5, 5.41) is 12.7. The molecular formula is C33H26Cl2N2O6. The van der Waals surface area contributed by atoms with E-state index in [0.29, 0.717) is 27.8 Å². The number of benzene rings is 3. The number of carbonyl (C=O) groups is 5. The van der Waals surface area contributed by atoms with E-state index in [-0.39, 0.29) is 30.3 Å². The summed E-state index contributed by atoms with van der Waals surface area (Å²) in [6.07, 6.45) is 1.89. The van der Waals surface area contributed by atoms with Crippen molar-refractivity contribution in [2.24, 2.45) is 17.8 Å². The molecule has 0 radical (unpaired) electrons. The first-order chi connectivity index (χ1) is 20.4. The van der Waals surface area contributed by atoms with Gasteiger partial charge in [0.15, 0.2) is 15.5 Å². The number of phenols is 1. The van der Waals surface area contributed by atoms with Crippen molar-refractivity contribution in [3.63, 3.8) is 0 Å². The Morgan fingerprint density at radius 1 is 0.907 bits per heavy atom. The van der Waals surface area contributed by atoms with Crippen LogP contribution >= 0.6 is 23.2 Å². The second-order valence-electron chi connectivity index (χ2n) is 11.8. The third-order valence-corrected chi connectivity index (χ3v) is 11.2. The van der Waals surface area contributed by atoms with Gasteiger partial charge in [0.2, 0.25) is 11.8 Å². The fraction of sp³-hybridized carbons (Fsp3) is 0.303. The molecular weight excluding hydrogens is 591 g/mol. The Balaban J connectivity index is 1.41. The average Bonchev–Trinajstić information content (AvgIpc) is 3.32. The van der Waals surface area contributed by atoms with Gasteiger partial charge < -0.3 is 5.11 Å². The molecule has 4 aliphatic rings. The molecule has 1 saturated carbocycles. The molecule has 3 fully saturated rings. The van der Waals surface area contributed by atoms with E-state index in [4.69, 9.17) is 23.2 Å². The summed E-state index contributed by atoms with van der Waals surface area (Å²) < 4.78 is 0. The fourth-order valence-electron chi connectivity index (χ4n) is 7.75. The van der Waals surface area contributed by atoms with Crippen molar-refractivity contribution in [3.8, 4) is 5.75 Å². The largest absolute Gasteiger partial charge is 0.508 e. The third-order valence-electron chi connectivity index (χ3n) is 9.78. The molecule has 6 atom stereocenters. The van der Waals surface area contributed by atoms with E-state index < -0.39 is 51.1 Å². The first kappa shape index (κ1) is 27.8. The van der Waals surface area contributed by atoms with Crippen LogP contribution in [0.15, 0.2) is 72.3 Å². The number of imide groups is 2. The summed E-state index contributed by atoms with van der Waals surface area (Å²) in [7, 11) is 1.33. The number of Topliss-reactive ketones (excluding diaryl/α,β-unsaturated/α-hetero) is 1. The van der Waals surface area contributed by atoms with Gasteiger partial charge in [0.05, 0.1) is 17.5 Å². The van der Waals surface area contributed by atoms with Gasteiger partial charge in [-0.1, -0.05) is 42.0 Å². The SMILES string of the molecule is CC(=O)c1ccc(N2C(=O)[C@H]3[C@H](CC=C4[C@H]3C[C@@]3(Cl)C(=O)N(C)C(=O)[C@@]3(Cl)[C@H]4c3c(O)ccc4ccccc34)C2=O)cc1. The number of hydrogen-bond donors (Lipinski definition) is 1. The second-order valence-corrected chi connectivity index (χ2v) is 13.1. The van der Waals surface area contributed by atoms with Gasteiger partial charge in [0.25, 0.3) is 11.8 Å². The zero-order valence-electron chi connectivity index (χ0n) is 23.2. The Bertz CT molecular complexity index is 1840. The maximum Gasteiger partial charge on any atom is 0.253 e. The Morgan fingerprint density at radius 3 is 2.30 bits per heavy atom. The number of hydrogen-bond acceptors (Lipinski definition) is 6. The van der Waals surface area contributed by atoms with Crippen molar-refractivity contribution in [1.29, 1.82) is 0 Å². The molecule has 3 aromatic carbocycles. The highest BCUT2D eigenvalue weighted by molar-refractivity contribution is 6.53. The maximum atomic E-state index is 14.2. The minimum absolute atomic E-state index is 0.123. The summed E-state index contributed by atoms with van der Waals surface area (Å²) in [5.41, 5.74) is 1.74. The molecule has 0 unspecified atom stereocenters. The van der Waals surface area contributed by atoms with Crippen molar-refractivity contribution in [1.82, 2.24) is 4.90 Å². The predicted octanol–water partition coefficient (Wildman–Crippen LogP) is 4.94. The van der Waals surface area contributed by atoms with Gasteiger partial charge in [0, 0.05) is 24.1 Å². The molecule has 2 aliphatic carbocycles. The highest BCUT2D eigenvalue weighted by atomic mass is 35.5. The molecule has 0 aromatic heterocycles. The van der Waals surface area contributed by atoms with Gasteiger partial charge in [-0.25, -0.2) is 0 Å². The number of anilines is 1. The molecule has 43 heavy (non-hydrogen) atoms. The van der Waals surface area contributed by atoms with E-state index in [1.165, 1.54) is 20.0 Å². The summed E-state index contributed by atoms with van der Waals surface area (Å²) >= 11 is 14.5. The zero-order chi connectivity index (χ0) is 30.6. The molecule has 1 N–H and O–H groups in total. The minimum atomic E-state index is -2.00. The number of carbonyl (C=O) groups excluding carboxylic acids is 5. The standard InChI is InChI=1S/C33H26Cl2N2O6/c1-16(38)17-7-10-19(11-8-17)37-28(40)22-13-12-21-23(25(22)29(37)41)15-32(34)30(42)36(2)31(43)33(32,35)27(21)26-20-6-4-3-5-18(20)9-14-24(26)39/h3-12,14,22-23,25,27,39H,13,15H2,1-2H3/t22-,23+,25-,27+,32+,33-/m0/s1. The van der Waals surface area contributed by atoms with Crippen molar-refractivity contribution in [2.45, 2.75) is 35.4 Å². The molecule has 4 amide bonds. The summed E-state index contributed by atoms with van der Waals surface area (Å²) in [6, 6.07) is 16.8. The number of allylic oxidation sites excluding steroid dienone is 2. The molecule has 3 aromatic rings. The molecule has 2 heterocycles. The number of alkyl halides is 2. The van der Waals surface area contributed by atoms with Crippen molar-refractivity contribution in [2.75, 3.05) is 11.9 Å². The van der Waals surface area contributed by atoms with Crippen LogP contribution in [-0.2, 0) is 19.2 Å². The lowest BCUT2D eigenvalue weighted by Gasteiger charge is -2.51. The number of phenolic OH excluding ortho intramolecular Hbond substituents is 1. The molecule has 218 valence electrons. The minimum Gasteiger partial charge on any atom is -0.508 e. The monoisotopic (exact) mass is 616 g/mol. The molecule has 2 saturated heterocycles. The van der Waals surface area contributed by atoms with Gasteiger partial charge in [-0.3, -0.25) is 33.8 Å². The summed E-state index contributed by atoms with van der Waals surface area (Å²) in [5.74, 6) is -5.84. The zero-order valence-corrected chi connectivity index (χ0v) is 24.7. The molecule has 0 spiro atoms. The number of rotatable bonds is 3. The van der Waals surface area contributed by atoms with Crippen LogP contribution in [0.4, 0.5) is 5.69 Å². The Kier molecular flexibility index (Phi) is 5.98. The van der Waals surface area contributed by atoms with Crippen molar-refractivity contribution < 1.29 is 29.1 Å². The molecule has 7 rings (SSSR count). The van der Waals surface area contributed by atoms with E-state index in [1.807, 2.05) is 18.2 Å². The van der Waals surface area contributed by atoms with Crippen LogP contribution < -0.4 is 4.90 Å². The molecule has 8 nitrogen and oxygen atoms in total. The van der Waals surface area contributed by atoms with Crippen LogP contribution in [0.5, 0.6) is 5.75 Å². The maximum absolute atomic E-state index is 14.2. The van der Waals surface area contributed by atoms with Crippen LogP contribution in [0.25, 0.3) is 10.8 Å². The highest BCUT2D eigenvalue weighted by Crippen LogP contribution is 2.66. The lowest BCUT2D eigenvalue weighted by molar-refractivity contribution is -0.138. The number of fused-ring (bicyclic) bond motifs is 5. The third kappa shape index (κ3) is 3.48. The van der Waals surface area contributed by atoms with E-state index in [0.717, 1.165) is 15.2 Å². The Labute approximate surface area is 256 Å². The second kappa shape index (κ2) is 9.24. The molecule has 0 bridgehead atoms. The van der Waals surface area contributed by atoms with Gasteiger partial charge in [-0.05, 0) is 66.8 Å². The molecule has 10 heteroatoms. The van der Waals surface area contributed by atoms with E-state index in [9.17, 15) is 29.1 Å². The summed E-state index contributed by atoms with van der Waals surface area (Å²) in [4.78, 5) is 65.4. The first-order valence-corrected chi connectivity index (χ1v) is 14.8. The van der Waals surface area contributed by atoms with Gasteiger partial charge in [0.1, 0.15) is 5.75 Å². The number of aromatic hydroxyl groups is 1. The smallest absolute Gasteiger partial charge is 0.253 e. The van der Waals surface area contributed by atoms with Crippen LogP contribution in [0.2, 0.25) is 0 Å². The van der Waals surface area contributed by atoms with Crippen LogP contribution in [0.1, 0.15) is 41.6 Å². The van der Waals surface area contributed by atoms with Gasteiger partial charge >= 0.3 is 0 Å². The van der Waals surface area contributed by atoms with Crippen LogP contribution in [-0.4, -0.2) is 56.2 Å². The normalized spacial score (nSPS) is 31.7. The van der Waals surface area contributed by atoms with E-state index in [2.05, 4.69) is 0 Å². The predicted molar refractivity (Wildman–Crippen MR) is 160 cm³/mol. The fourth-order valence-corrected chi connectivity index (χ4v) is 8.75. The Hall–Kier alpha value is -4.01. The highest BCUT2D eigenvalue weighted by Gasteiger charge is 2.76. The van der Waals surface area contributed by atoms with Crippen molar-refractivity contribution >= 4 is 69.1 Å². The number of likely N-dealkylation sites (tertiary alicyclic amines) is 1. The quantitative estimate of drug-likeness (QED) is 0.193. The first-order valence-electron chi connectivity index (χ1n) is 14.0. The van der Waals surface area contributed by atoms with Gasteiger partial charge in [-0.15, -0.1) is 23.2 Å². The van der Waals surface area contributed by atoms with E-state index in [1.54, 1.807) is 42.5 Å². The summed E-state index contributed by atoms with van der Waals surface area (Å²) in [6.45, 7) is 1.43. The van der Waals surface area contributed by atoms with Crippen LogP contribution in [0, 0.1) is 17.8 Å². The number of amides is 4. The number of nitrogens with zero attached hydrogens (tertiary/aromatic N) is 2. The number of ketones is 1. The topological polar surface area (TPSA) is 112 Å². The Morgan fingerprint density at radius 2 is 1.60 bits per heavy atom. The van der Waals surface area contributed by atoms with E-state index >= 15 is 0 Å². The van der Waals surface area contributed by atoms with Crippen LogP contribution in [0.3, 0.4) is 0 Å². The number of halogens is 2. The average molecular weight is 617 g/mol. The lowest BCUT2D eigenvalue weighted by Crippen LogP contribution is -2.60. The van der Waals surface area contributed by atoms with Crippen molar-refractivity contribution in [3.05, 3.63) is 83.4 Å². The van der Waals surface area contributed by atoms with Gasteiger partial charge in [-0.2, -0.15) is 0 Å². The molecule has 2 aliphatic heterocycles.